The molecule has 4 rings (SSSR count). The van der Waals surface area contributed by atoms with Gasteiger partial charge >= 0.3 is 0 Å². The van der Waals surface area contributed by atoms with Crippen LogP contribution >= 0.6 is 11.3 Å². The van der Waals surface area contributed by atoms with Gasteiger partial charge in [-0.1, -0.05) is 13.0 Å². The third-order valence-corrected chi connectivity index (χ3v) is 7.56. The lowest BCUT2D eigenvalue weighted by Crippen LogP contribution is -2.14. The molecule has 1 heterocycles. The van der Waals surface area contributed by atoms with Crippen molar-refractivity contribution in [3.63, 3.8) is 0 Å². The molecule has 0 bridgehead atoms. The van der Waals surface area contributed by atoms with Gasteiger partial charge in [0.25, 0.3) is 21.6 Å². The average Bonchev–Trinajstić information content (AvgIpc) is 3.15. The van der Waals surface area contributed by atoms with Gasteiger partial charge in [-0.15, -0.1) is 11.3 Å². The molecular formula is C21H20N4O5S2. The third-order valence-electron chi connectivity index (χ3n) is 5.14. The highest BCUT2D eigenvalue weighted by Gasteiger charge is 2.21. The summed E-state index contributed by atoms with van der Waals surface area (Å²) in [4.78, 5) is 28.3. The number of fused-ring (bicyclic) bond motifs is 1. The van der Waals surface area contributed by atoms with E-state index in [0.29, 0.717) is 16.6 Å². The molecule has 1 aromatic heterocycles. The van der Waals surface area contributed by atoms with Crippen LogP contribution in [-0.4, -0.2) is 24.2 Å². The van der Waals surface area contributed by atoms with Crippen molar-refractivity contribution in [3.8, 4) is 0 Å². The molecule has 0 aliphatic heterocycles. The number of carbonyl (C=O) groups excluding carboxylic acids is 1. The SMILES string of the molecule is CC1CCc2nc(NC(=O)c3ccc(NS(=O)(=O)c4cccc([N+](=O)[O-])c4)cc3)sc2C1. The van der Waals surface area contributed by atoms with Gasteiger partial charge in [-0.3, -0.25) is 24.9 Å². The minimum Gasteiger partial charge on any atom is -0.298 e. The molecule has 1 unspecified atom stereocenters. The van der Waals surface area contributed by atoms with Gasteiger partial charge in [0, 0.05) is 28.3 Å². The number of nitro benzene ring substituents is 1. The summed E-state index contributed by atoms with van der Waals surface area (Å²) in [6, 6.07) is 10.7. The van der Waals surface area contributed by atoms with Crippen molar-refractivity contribution in [2.45, 2.75) is 31.1 Å². The second kappa shape index (κ2) is 8.67. The molecule has 1 amide bonds. The Kier molecular flexibility index (Phi) is 5.94. The van der Waals surface area contributed by atoms with E-state index in [0.717, 1.165) is 31.0 Å². The molecule has 0 spiro atoms. The zero-order valence-electron chi connectivity index (χ0n) is 17.1. The number of anilines is 2. The molecular weight excluding hydrogens is 452 g/mol. The highest BCUT2D eigenvalue weighted by molar-refractivity contribution is 7.92. The van der Waals surface area contributed by atoms with E-state index in [1.807, 2.05) is 0 Å². The maximum atomic E-state index is 12.6. The number of amides is 1. The van der Waals surface area contributed by atoms with E-state index >= 15 is 0 Å². The molecule has 1 aliphatic rings. The van der Waals surface area contributed by atoms with E-state index in [-0.39, 0.29) is 22.2 Å². The van der Waals surface area contributed by atoms with Gasteiger partial charge < -0.3 is 0 Å². The monoisotopic (exact) mass is 472 g/mol. The minimum atomic E-state index is -4.02. The van der Waals surface area contributed by atoms with Crippen molar-refractivity contribution in [2.24, 2.45) is 5.92 Å². The normalized spacial score (nSPS) is 15.6. The summed E-state index contributed by atoms with van der Waals surface area (Å²) in [5, 5.41) is 14.3. The van der Waals surface area contributed by atoms with Gasteiger partial charge in [0.15, 0.2) is 5.13 Å². The lowest BCUT2D eigenvalue weighted by molar-refractivity contribution is -0.385. The first-order valence-corrected chi connectivity index (χ1v) is 12.2. The van der Waals surface area contributed by atoms with Crippen LogP contribution in [0.1, 0.15) is 34.3 Å². The summed E-state index contributed by atoms with van der Waals surface area (Å²) in [7, 11) is -4.02. The number of hydrogen-bond acceptors (Lipinski definition) is 7. The fourth-order valence-corrected chi connectivity index (χ4v) is 5.69. The number of carbonyl (C=O) groups is 1. The maximum absolute atomic E-state index is 12.6. The predicted octanol–water partition coefficient (Wildman–Crippen LogP) is 4.23. The summed E-state index contributed by atoms with van der Waals surface area (Å²) in [5.74, 6) is 0.280. The number of non-ortho nitro benzene ring substituents is 1. The van der Waals surface area contributed by atoms with Crippen LogP contribution in [0.3, 0.4) is 0 Å². The largest absolute Gasteiger partial charge is 0.298 e. The molecule has 0 radical (unpaired) electrons. The van der Waals surface area contributed by atoms with Crippen molar-refractivity contribution in [3.05, 3.63) is 74.8 Å². The Morgan fingerprint density at radius 3 is 2.69 bits per heavy atom. The number of nitrogens with one attached hydrogen (secondary N) is 2. The molecule has 3 aromatic rings. The quantitative estimate of drug-likeness (QED) is 0.408. The van der Waals surface area contributed by atoms with Gasteiger partial charge in [-0.2, -0.15) is 0 Å². The van der Waals surface area contributed by atoms with Gasteiger partial charge in [0.2, 0.25) is 0 Å². The van der Waals surface area contributed by atoms with Crippen molar-refractivity contribution in [1.29, 1.82) is 0 Å². The number of aryl methyl sites for hydroxylation is 1. The van der Waals surface area contributed by atoms with Crippen LogP contribution in [0.15, 0.2) is 53.4 Å². The van der Waals surface area contributed by atoms with Gasteiger partial charge in [0.1, 0.15) is 0 Å². The number of hydrogen-bond donors (Lipinski definition) is 2. The van der Waals surface area contributed by atoms with E-state index in [1.54, 1.807) is 0 Å². The first-order valence-electron chi connectivity index (χ1n) is 9.88. The molecule has 32 heavy (non-hydrogen) atoms. The molecule has 0 saturated heterocycles. The zero-order valence-corrected chi connectivity index (χ0v) is 18.7. The summed E-state index contributed by atoms with van der Waals surface area (Å²) in [5.41, 5.74) is 1.31. The summed E-state index contributed by atoms with van der Waals surface area (Å²) in [6.07, 6.45) is 2.99. The van der Waals surface area contributed by atoms with Crippen molar-refractivity contribution < 1.29 is 18.1 Å². The topological polar surface area (TPSA) is 131 Å². The minimum absolute atomic E-state index is 0.226. The Balaban J connectivity index is 1.44. The smallest absolute Gasteiger partial charge is 0.270 e. The van der Waals surface area contributed by atoms with E-state index in [1.165, 1.54) is 58.7 Å². The first kappa shape index (κ1) is 21.9. The summed E-state index contributed by atoms with van der Waals surface area (Å²) < 4.78 is 27.4. The van der Waals surface area contributed by atoms with E-state index in [2.05, 4.69) is 21.9 Å². The van der Waals surface area contributed by atoms with Crippen LogP contribution < -0.4 is 10.0 Å². The van der Waals surface area contributed by atoms with Crippen molar-refractivity contribution in [2.75, 3.05) is 10.0 Å². The highest BCUT2D eigenvalue weighted by atomic mass is 32.2. The molecule has 2 aromatic carbocycles. The average molecular weight is 473 g/mol. The number of nitro groups is 1. The fourth-order valence-electron chi connectivity index (χ4n) is 3.43. The molecule has 1 aliphatic carbocycles. The molecule has 1 atom stereocenters. The van der Waals surface area contributed by atoms with Crippen molar-refractivity contribution >= 4 is 43.8 Å². The number of rotatable bonds is 6. The molecule has 2 N–H and O–H groups in total. The van der Waals surface area contributed by atoms with Crippen LogP contribution in [0.2, 0.25) is 0 Å². The van der Waals surface area contributed by atoms with Crippen LogP contribution in [-0.2, 0) is 22.9 Å². The second-order valence-corrected chi connectivity index (χ2v) is 10.4. The standard InChI is InChI=1S/C21H20N4O5S2/c1-13-5-10-18-19(11-13)31-21(22-18)23-20(26)14-6-8-15(9-7-14)24-32(29,30)17-4-2-3-16(12-17)25(27)28/h2-4,6-9,12-13,24H,5,10-11H2,1H3,(H,22,23,26). The number of aromatic nitrogens is 1. The van der Waals surface area contributed by atoms with Crippen LogP contribution in [0.5, 0.6) is 0 Å². The summed E-state index contributed by atoms with van der Waals surface area (Å²) >= 11 is 1.49. The lowest BCUT2D eigenvalue weighted by atomic mass is 9.93. The van der Waals surface area contributed by atoms with E-state index in [4.69, 9.17) is 0 Å². The number of nitrogens with zero attached hydrogens (tertiary/aromatic N) is 2. The first-order chi connectivity index (χ1) is 15.2. The Hall–Kier alpha value is -3.31. The maximum Gasteiger partial charge on any atom is 0.270 e. The van der Waals surface area contributed by atoms with Crippen LogP contribution in [0.4, 0.5) is 16.5 Å². The van der Waals surface area contributed by atoms with Crippen LogP contribution in [0.25, 0.3) is 0 Å². The lowest BCUT2D eigenvalue weighted by Gasteiger charge is -2.15. The predicted molar refractivity (Wildman–Crippen MR) is 122 cm³/mol. The second-order valence-electron chi connectivity index (χ2n) is 7.63. The zero-order chi connectivity index (χ0) is 22.9. The molecule has 9 nitrogen and oxygen atoms in total. The van der Waals surface area contributed by atoms with E-state index < -0.39 is 14.9 Å². The molecule has 0 saturated carbocycles. The Bertz CT molecular complexity index is 1290. The van der Waals surface area contributed by atoms with E-state index in [9.17, 15) is 23.3 Å². The van der Waals surface area contributed by atoms with Gasteiger partial charge in [-0.05, 0) is 55.5 Å². The number of thiazole rings is 1. The summed E-state index contributed by atoms with van der Waals surface area (Å²) in [6.45, 7) is 2.20. The van der Waals surface area contributed by atoms with Crippen molar-refractivity contribution in [1.82, 2.24) is 4.98 Å². The third kappa shape index (κ3) is 4.78. The fraction of sp³-hybridized carbons (Fsp3) is 0.238. The molecule has 0 fully saturated rings. The Labute approximate surface area is 188 Å². The van der Waals surface area contributed by atoms with Gasteiger partial charge in [0.05, 0.1) is 15.5 Å². The molecule has 11 heteroatoms. The highest BCUT2D eigenvalue weighted by Crippen LogP contribution is 2.32. The number of sulfonamides is 1. The number of benzene rings is 2. The Morgan fingerprint density at radius 1 is 1.22 bits per heavy atom. The van der Waals surface area contributed by atoms with Gasteiger partial charge in [-0.25, -0.2) is 13.4 Å². The van der Waals surface area contributed by atoms with Crippen LogP contribution in [0, 0.1) is 16.0 Å². The molecule has 166 valence electrons. The Morgan fingerprint density at radius 2 is 1.97 bits per heavy atom.